The summed E-state index contributed by atoms with van der Waals surface area (Å²) in [6, 6.07) is 3.74. The summed E-state index contributed by atoms with van der Waals surface area (Å²) >= 11 is 0. The molecule has 0 spiro atoms. The molecule has 0 saturated carbocycles. The molecule has 20 heavy (non-hydrogen) atoms. The normalized spacial score (nSPS) is 10.0. The molecular formula is C14H13N3O3. The van der Waals surface area contributed by atoms with Crippen molar-refractivity contribution in [2.75, 3.05) is 13.2 Å². The zero-order chi connectivity index (χ0) is 14.5. The molecule has 6 nitrogen and oxygen atoms in total. The first kappa shape index (κ1) is 13.6. The van der Waals surface area contributed by atoms with Crippen LogP contribution in [0, 0.1) is 19.3 Å². The van der Waals surface area contributed by atoms with Crippen LogP contribution in [0.15, 0.2) is 24.5 Å². The van der Waals surface area contributed by atoms with Gasteiger partial charge in [0.2, 0.25) is 0 Å². The molecule has 2 aromatic rings. The van der Waals surface area contributed by atoms with Crippen LogP contribution in [0.5, 0.6) is 0 Å². The van der Waals surface area contributed by atoms with Crippen LogP contribution >= 0.6 is 0 Å². The Kier molecular flexibility index (Phi) is 4.01. The van der Waals surface area contributed by atoms with Gasteiger partial charge in [0, 0.05) is 12.4 Å². The van der Waals surface area contributed by atoms with Crippen LogP contribution in [0.3, 0.4) is 0 Å². The second-order valence-electron chi connectivity index (χ2n) is 4.15. The number of hydrogen-bond acceptors (Lipinski definition) is 4. The van der Waals surface area contributed by atoms with Crippen LogP contribution in [0.1, 0.15) is 16.1 Å². The lowest BCUT2D eigenvalue weighted by molar-refractivity contribution is -0.123. The van der Waals surface area contributed by atoms with Gasteiger partial charge in [0.15, 0.2) is 12.3 Å². The monoisotopic (exact) mass is 271 g/mol. The number of nitrogens with one attached hydrogen (secondary N) is 1. The minimum absolute atomic E-state index is 0.101. The molecule has 0 saturated heterocycles. The summed E-state index contributed by atoms with van der Waals surface area (Å²) in [5.41, 5.74) is 1.84. The number of aromatic nitrogens is 2. The third kappa shape index (κ3) is 3.14. The van der Waals surface area contributed by atoms with Crippen molar-refractivity contribution in [3.63, 3.8) is 0 Å². The number of aryl methyl sites for hydroxylation is 1. The van der Waals surface area contributed by atoms with Crippen LogP contribution in [-0.2, 0) is 9.53 Å². The second-order valence-corrected chi connectivity index (χ2v) is 4.15. The second kappa shape index (κ2) is 5.89. The molecule has 6 heteroatoms. The number of terminal acetylenes is 1. The van der Waals surface area contributed by atoms with Crippen molar-refractivity contribution < 1.29 is 14.3 Å². The molecule has 0 aromatic carbocycles. The number of fused-ring (bicyclic) bond motifs is 1. The number of esters is 1. The van der Waals surface area contributed by atoms with E-state index >= 15 is 0 Å². The van der Waals surface area contributed by atoms with Gasteiger partial charge in [-0.05, 0) is 24.6 Å². The maximum Gasteiger partial charge on any atom is 0.359 e. The van der Waals surface area contributed by atoms with Crippen molar-refractivity contribution >= 4 is 17.5 Å². The third-order valence-electron chi connectivity index (χ3n) is 2.55. The zero-order valence-electron chi connectivity index (χ0n) is 10.9. The number of ether oxygens (including phenoxy) is 1. The van der Waals surface area contributed by atoms with E-state index < -0.39 is 11.9 Å². The standard InChI is InChI=1S/C14H13N3O3/c1-3-5-15-13(18)9-20-14(19)11-8-17-6-4-10(2)7-12(17)16-11/h1,4,6-8H,5,9H2,2H3,(H,15,18). The van der Waals surface area contributed by atoms with Gasteiger partial charge >= 0.3 is 5.97 Å². The molecule has 2 heterocycles. The van der Waals surface area contributed by atoms with E-state index in [1.807, 2.05) is 19.1 Å². The Hall–Kier alpha value is -2.81. The molecule has 1 N–H and O–H groups in total. The maximum absolute atomic E-state index is 11.8. The van der Waals surface area contributed by atoms with Gasteiger partial charge in [-0.25, -0.2) is 9.78 Å². The van der Waals surface area contributed by atoms with Crippen molar-refractivity contribution in [3.8, 4) is 12.3 Å². The summed E-state index contributed by atoms with van der Waals surface area (Å²) < 4.78 is 6.56. The lowest BCUT2D eigenvalue weighted by Crippen LogP contribution is -2.29. The summed E-state index contributed by atoms with van der Waals surface area (Å²) in [5, 5.41) is 2.40. The van der Waals surface area contributed by atoms with Crippen LogP contribution in [0.25, 0.3) is 5.65 Å². The highest BCUT2D eigenvalue weighted by atomic mass is 16.5. The van der Waals surface area contributed by atoms with Gasteiger partial charge in [-0.3, -0.25) is 4.79 Å². The molecule has 0 aliphatic carbocycles. The molecule has 0 atom stereocenters. The number of carbonyl (C=O) groups is 2. The van der Waals surface area contributed by atoms with Crippen molar-refractivity contribution in [2.45, 2.75) is 6.92 Å². The van der Waals surface area contributed by atoms with E-state index in [4.69, 9.17) is 11.2 Å². The van der Waals surface area contributed by atoms with Gasteiger partial charge in [-0.1, -0.05) is 5.92 Å². The highest BCUT2D eigenvalue weighted by Crippen LogP contribution is 2.08. The fourth-order valence-corrected chi connectivity index (χ4v) is 1.59. The topological polar surface area (TPSA) is 72.7 Å². The Bertz CT molecular complexity index is 697. The first-order valence-corrected chi connectivity index (χ1v) is 5.93. The Morgan fingerprint density at radius 1 is 1.55 bits per heavy atom. The maximum atomic E-state index is 11.8. The predicted molar refractivity (Wildman–Crippen MR) is 72.1 cm³/mol. The molecule has 102 valence electrons. The number of hydrogen-bond donors (Lipinski definition) is 1. The average Bonchev–Trinajstić information content (AvgIpc) is 2.85. The molecule has 1 amide bonds. The molecule has 0 bridgehead atoms. The molecule has 2 aromatic heterocycles. The average molecular weight is 271 g/mol. The third-order valence-corrected chi connectivity index (χ3v) is 2.55. The van der Waals surface area contributed by atoms with Gasteiger partial charge in [0.1, 0.15) is 5.65 Å². The number of rotatable bonds is 4. The van der Waals surface area contributed by atoms with Gasteiger partial charge in [0.05, 0.1) is 6.54 Å². The molecule has 0 fully saturated rings. The summed E-state index contributed by atoms with van der Waals surface area (Å²) in [6.07, 6.45) is 8.35. The van der Waals surface area contributed by atoms with Gasteiger partial charge in [-0.15, -0.1) is 6.42 Å². The number of nitrogens with zero attached hydrogens (tertiary/aromatic N) is 2. The Labute approximate surface area is 115 Å². The first-order valence-electron chi connectivity index (χ1n) is 5.93. The van der Waals surface area contributed by atoms with Crippen molar-refractivity contribution in [3.05, 3.63) is 35.8 Å². The highest BCUT2D eigenvalue weighted by molar-refractivity contribution is 5.90. The largest absolute Gasteiger partial charge is 0.451 e. The SMILES string of the molecule is C#CCNC(=O)COC(=O)c1cn2ccc(C)cc2n1. The van der Waals surface area contributed by atoms with Gasteiger partial charge < -0.3 is 14.5 Å². The smallest absolute Gasteiger partial charge is 0.359 e. The molecule has 0 aliphatic heterocycles. The van der Waals surface area contributed by atoms with Crippen LogP contribution in [-0.4, -0.2) is 34.4 Å². The van der Waals surface area contributed by atoms with E-state index in [9.17, 15) is 9.59 Å². The molecule has 0 radical (unpaired) electrons. The van der Waals surface area contributed by atoms with Crippen LogP contribution in [0.2, 0.25) is 0 Å². The van der Waals surface area contributed by atoms with Gasteiger partial charge in [-0.2, -0.15) is 0 Å². The van der Waals surface area contributed by atoms with E-state index in [1.165, 1.54) is 0 Å². The summed E-state index contributed by atoms with van der Waals surface area (Å²) in [7, 11) is 0. The fraction of sp³-hybridized carbons (Fsp3) is 0.214. The Balaban J connectivity index is 2.01. The molecule has 0 unspecified atom stereocenters. The van der Waals surface area contributed by atoms with Crippen LogP contribution in [0.4, 0.5) is 0 Å². The lowest BCUT2D eigenvalue weighted by atomic mass is 10.3. The minimum atomic E-state index is -0.651. The van der Waals surface area contributed by atoms with E-state index in [0.717, 1.165) is 5.56 Å². The fourth-order valence-electron chi connectivity index (χ4n) is 1.59. The number of imidazole rings is 1. The Morgan fingerprint density at radius 2 is 2.35 bits per heavy atom. The lowest BCUT2D eigenvalue weighted by Gasteiger charge is -2.02. The number of amides is 1. The zero-order valence-corrected chi connectivity index (χ0v) is 10.9. The summed E-state index contributed by atoms with van der Waals surface area (Å²) in [6.45, 7) is 1.65. The highest BCUT2D eigenvalue weighted by Gasteiger charge is 2.13. The molecular weight excluding hydrogens is 258 g/mol. The molecule has 0 aliphatic rings. The van der Waals surface area contributed by atoms with Crippen molar-refractivity contribution in [1.82, 2.24) is 14.7 Å². The summed E-state index contributed by atoms with van der Waals surface area (Å²) in [5.74, 6) is 1.15. The van der Waals surface area contributed by atoms with Crippen LogP contribution < -0.4 is 5.32 Å². The Morgan fingerprint density at radius 3 is 3.10 bits per heavy atom. The van der Waals surface area contributed by atoms with E-state index in [0.29, 0.717) is 5.65 Å². The van der Waals surface area contributed by atoms with E-state index in [-0.39, 0.29) is 18.8 Å². The van der Waals surface area contributed by atoms with Crippen molar-refractivity contribution in [2.24, 2.45) is 0 Å². The first-order chi connectivity index (χ1) is 9.60. The minimum Gasteiger partial charge on any atom is -0.451 e. The quantitative estimate of drug-likeness (QED) is 0.651. The van der Waals surface area contributed by atoms with Crippen molar-refractivity contribution in [1.29, 1.82) is 0 Å². The number of carbonyl (C=O) groups excluding carboxylic acids is 2. The summed E-state index contributed by atoms with van der Waals surface area (Å²) in [4.78, 5) is 27.1. The predicted octanol–water partition coefficient (Wildman–Crippen LogP) is 0.549. The van der Waals surface area contributed by atoms with E-state index in [1.54, 1.807) is 16.8 Å². The van der Waals surface area contributed by atoms with Gasteiger partial charge in [0.25, 0.3) is 5.91 Å². The molecule has 2 rings (SSSR count). The van der Waals surface area contributed by atoms with E-state index in [2.05, 4.69) is 16.2 Å². The number of pyridine rings is 1.